The van der Waals surface area contributed by atoms with Gasteiger partial charge in [-0.05, 0) is 0 Å². The lowest BCUT2D eigenvalue weighted by Crippen LogP contribution is -2.61. The number of quaternary nitrogens is 2. The molecule has 0 spiro atoms. The van der Waals surface area contributed by atoms with E-state index in [1.807, 2.05) is 0 Å². The molecule has 0 aliphatic carbocycles. The van der Waals surface area contributed by atoms with Gasteiger partial charge in [-0.1, -0.05) is 0 Å². The van der Waals surface area contributed by atoms with E-state index in [1.165, 1.54) is 0 Å². The third-order valence-electron chi connectivity index (χ3n) is 2.25. The Labute approximate surface area is 98.2 Å². The minimum Gasteiger partial charge on any atom is -0.534 e. The monoisotopic (exact) mass is 252 g/mol. The fourth-order valence-electron chi connectivity index (χ4n) is 1.39. The maximum Gasteiger partial charge on any atom is 0.594 e. The van der Waals surface area contributed by atoms with Crippen molar-refractivity contribution < 1.29 is 28.8 Å². The molecule has 0 radical (unpaired) electrons. The topological polar surface area (TPSA) is 80.9 Å². The Bertz CT molecular complexity index is 261. The molecule has 0 aromatic rings. The van der Waals surface area contributed by atoms with Gasteiger partial charge < -0.3 is 24.3 Å². The van der Waals surface area contributed by atoms with E-state index >= 15 is 0 Å². The SMILES string of the molecule is C[N+](C)(C)C(O)=[Si](O)O.C[N+]1(C)CC(O)C1. The summed E-state index contributed by atoms with van der Waals surface area (Å²) < 4.78 is 1.07. The Morgan fingerprint density at radius 3 is 1.56 bits per heavy atom. The lowest BCUT2D eigenvalue weighted by atomic mass is 10.1. The van der Waals surface area contributed by atoms with Gasteiger partial charge in [0.1, 0.15) is 13.1 Å². The van der Waals surface area contributed by atoms with E-state index in [0.717, 1.165) is 17.6 Å². The van der Waals surface area contributed by atoms with Crippen LogP contribution in [0.2, 0.25) is 0 Å². The van der Waals surface area contributed by atoms with Gasteiger partial charge in [-0.3, -0.25) is 4.48 Å². The molecule has 4 N–H and O–H groups in total. The molecule has 1 heterocycles. The number of aliphatic hydroxyl groups excluding tert-OH is 2. The molecular weight excluding hydrogens is 228 g/mol. The average molecular weight is 252 g/mol. The highest BCUT2D eigenvalue weighted by atomic mass is 28.3. The normalized spacial score (nSPS) is 19.1. The van der Waals surface area contributed by atoms with Crippen LogP contribution in [-0.4, -0.2) is 97.6 Å². The Balaban J connectivity index is 0.000000288. The third-order valence-corrected chi connectivity index (χ3v) is 3.32. The van der Waals surface area contributed by atoms with Crippen LogP contribution in [0.3, 0.4) is 0 Å². The van der Waals surface area contributed by atoms with E-state index < -0.39 is 8.90 Å². The summed E-state index contributed by atoms with van der Waals surface area (Å²) in [4.78, 5) is 17.0. The van der Waals surface area contributed by atoms with Crippen LogP contribution in [-0.2, 0) is 0 Å². The van der Waals surface area contributed by atoms with E-state index in [4.69, 9.17) is 19.8 Å². The molecule has 1 fully saturated rings. The second-order valence-corrected chi connectivity index (χ2v) is 6.71. The van der Waals surface area contributed by atoms with Gasteiger partial charge >= 0.3 is 14.4 Å². The van der Waals surface area contributed by atoms with Crippen molar-refractivity contribution in [2.45, 2.75) is 6.10 Å². The first-order chi connectivity index (χ1) is 6.96. The van der Waals surface area contributed by atoms with Gasteiger partial charge in [-0.15, -0.1) is 0 Å². The summed E-state index contributed by atoms with van der Waals surface area (Å²) in [5.41, 5.74) is -0.264. The van der Waals surface area contributed by atoms with Crippen LogP contribution in [0.15, 0.2) is 0 Å². The predicted octanol–water partition coefficient (Wildman–Crippen LogP) is -2.36. The first-order valence-electron chi connectivity index (χ1n) is 5.09. The zero-order valence-corrected chi connectivity index (χ0v) is 11.7. The van der Waals surface area contributed by atoms with Crippen molar-refractivity contribution in [3.8, 4) is 0 Å². The maximum atomic E-state index is 8.90. The second kappa shape index (κ2) is 5.13. The van der Waals surface area contributed by atoms with Gasteiger partial charge in [-0.25, -0.2) is 0 Å². The summed E-state index contributed by atoms with van der Waals surface area (Å²) in [5, 5.41) is 17.7. The second-order valence-electron chi connectivity index (χ2n) is 5.61. The van der Waals surface area contributed by atoms with E-state index in [1.54, 1.807) is 21.1 Å². The molecule has 16 heavy (non-hydrogen) atoms. The van der Waals surface area contributed by atoms with Crippen molar-refractivity contribution in [1.29, 1.82) is 0 Å². The number of rotatable bonds is 1. The molecule has 0 aromatic heterocycles. The lowest BCUT2D eigenvalue weighted by Gasteiger charge is -2.41. The largest absolute Gasteiger partial charge is 0.594 e. The summed E-state index contributed by atoms with van der Waals surface area (Å²) in [6, 6.07) is 0. The number of aliphatic hydroxyl groups is 2. The van der Waals surface area contributed by atoms with Crippen LogP contribution in [0, 0.1) is 0 Å². The Morgan fingerprint density at radius 1 is 1.19 bits per heavy atom. The molecule has 1 aliphatic rings. The first-order valence-corrected chi connectivity index (χ1v) is 6.48. The molecule has 1 rings (SSSR count). The van der Waals surface area contributed by atoms with Gasteiger partial charge in [0.25, 0.3) is 0 Å². The molecule has 1 aliphatic heterocycles. The third kappa shape index (κ3) is 5.45. The molecule has 0 atom stereocenters. The smallest absolute Gasteiger partial charge is 0.534 e. The minimum atomic E-state index is -2.63. The van der Waals surface area contributed by atoms with Crippen LogP contribution in [0.5, 0.6) is 0 Å². The maximum absolute atomic E-state index is 8.90. The van der Waals surface area contributed by atoms with Crippen molar-refractivity contribution in [3.05, 3.63) is 0 Å². The fourth-order valence-corrected chi connectivity index (χ4v) is 1.99. The van der Waals surface area contributed by atoms with Crippen molar-refractivity contribution in [2.75, 3.05) is 48.3 Å². The van der Waals surface area contributed by atoms with Crippen LogP contribution in [0.1, 0.15) is 0 Å². The van der Waals surface area contributed by atoms with Crippen LogP contribution >= 0.6 is 0 Å². The predicted molar refractivity (Wildman–Crippen MR) is 63.0 cm³/mol. The van der Waals surface area contributed by atoms with Gasteiger partial charge in [0.05, 0.1) is 35.2 Å². The molecule has 0 aromatic carbocycles. The van der Waals surface area contributed by atoms with Gasteiger partial charge in [0, 0.05) is 0 Å². The fraction of sp³-hybridized carbons (Fsp3) is 0.889. The lowest BCUT2D eigenvalue weighted by molar-refractivity contribution is -0.937. The molecule has 1 saturated heterocycles. The van der Waals surface area contributed by atoms with Crippen LogP contribution in [0.4, 0.5) is 0 Å². The van der Waals surface area contributed by atoms with E-state index in [-0.39, 0.29) is 16.1 Å². The van der Waals surface area contributed by atoms with Gasteiger partial charge in [-0.2, -0.15) is 0 Å². The quantitative estimate of drug-likeness (QED) is 0.311. The molecule has 0 saturated carbocycles. The molecule has 96 valence electrons. The summed E-state index contributed by atoms with van der Waals surface area (Å²) in [6.45, 7) is 1.86. The number of likely N-dealkylation sites (N-methyl/N-ethyl adjacent to an activating group) is 1. The molecule has 0 amide bonds. The summed E-state index contributed by atoms with van der Waals surface area (Å²) >= 11 is 0. The average Bonchev–Trinajstić information content (AvgIpc) is 1.98. The van der Waals surface area contributed by atoms with E-state index in [9.17, 15) is 0 Å². The van der Waals surface area contributed by atoms with Crippen molar-refractivity contribution in [3.63, 3.8) is 0 Å². The standard InChI is InChI=1S/C5H12NO.C4H11NO3Si/c1-6(2)3-5(7)4-6;1-5(2,3)4(6)9(7)8/h5,7H,3-4H2,1-2H3;7-8H,1-3H3/q+1;/p+1. The molecule has 7 heteroatoms. The Kier molecular flexibility index (Phi) is 4.93. The summed E-state index contributed by atoms with van der Waals surface area (Å²) in [7, 11) is 6.59. The zero-order chi connectivity index (χ0) is 13.1. The van der Waals surface area contributed by atoms with E-state index in [0.29, 0.717) is 0 Å². The Hall–Kier alpha value is -0.633. The first kappa shape index (κ1) is 15.4. The Morgan fingerprint density at radius 2 is 1.56 bits per heavy atom. The van der Waals surface area contributed by atoms with Crippen molar-refractivity contribution in [2.24, 2.45) is 0 Å². The summed E-state index contributed by atoms with van der Waals surface area (Å²) in [5.74, 6) is 0. The molecule has 0 unspecified atom stereocenters. The van der Waals surface area contributed by atoms with Crippen molar-refractivity contribution >= 4 is 14.4 Å². The molecule has 0 bridgehead atoms. The van der Waals surface area contributed by atoms with Crippen LogP contribution in [0.25, 0.3) is 0 Å². The highest BCUT2D eigenvalue weighted by molar-refractivity contribution is 6.53. The van der Waals surface area contributed by atoms with Gasteiger partial charge in [0.2, 0.25) is 0 Å². The molecular formula is C9H24N2O4Si+2. The van der Waals surface area contributed by atoms with Crippen molar-refractivity contribution in [1.82, 2.24) is 0 Å². The number of likely N-dealkylation sites (tertiary alicyclic amines) is 1. The minimum absolute atomic E-state index is 0.0185. The number of nitrogens with zero attached hydrogens (tertiary/aromatic N) is 2. The molecule has 6 nitrogen and oxygen atoms in total. The number of hydrogen-bond donors (Lipinski definition) is 4. The van der Waals surface area contributed by atoms with Crippen LogP contribution < -0.4 is 0 Å². The zero-order valence-electron chi connectivity index (χ0n) is 10.7. The number of hydrogen-bond acceptors (Lipinski definition) is 4. The van der Waals surface area contributed by atoms with Gasteiger partial charge in [0.15, 0.2) is 6.10 Å². The highest BCUT2D eigenvalue weighted by Crippen LogP contribution is 2.11. The highest BCUT2D eigenvalue weighted by Gasteiger charge is 2.34. The van der Waals surface area contributed by atoms with E-state index in [2.05, 4.69) is 14.1 Å². The summed E-state index contributed by atoms with van der Waals surface area (Å²) in [6.07, 6.45) is -0.0185.